The number of rotatable bonds is 7. The van der Waals surface area contributed by atoms with Crippen molar-refractivity contribution >= 4 is 18.3 Å². The zero-order chi connectivity index (χ0) is 16.9. The molecular formula is C17H24ClF3N2O. The van der Waals surface area contributed by atoms with Gasteiger partial charge in [0.1, 0.15) is 0 Å². The first-order valence-corrected chi connectivity index (χ1v) is 8.07. The van der Waals surface area contributed by atoms with Gasteiger partial charge in [0, 0.05) is 13.1 Å². The van der Waals surface area contributed by atoms with Crippen LogP contribution in [0.5, 0.6) is 0 Å². The minimum absolute atomic E-state index is 0. The monoisotopic (exact) mass is 364 g/mol. The lowest BCUT2D eigenvalue weighted by molar-refractivity contribution is -0.138. The fourth-order valence-electron chi connectivity index (χ4n) is 2.91. The first-order chi connectivity index (χ1) is 10.9. The number of halogens is 4. The Morgan fingerprint density at radius 3 is 2.46 bits per heavy atom. The fraction of sp³-hybridized carbons (Fsp3) is 0.588. The summed E-state index contributed by atoms with van der Waals surface area (Å²) >= 11 is 0. The van der Waals surface area contributed by atoms with Gasteiger partial charge >= 0.3 is 6.18 Å². The first-order valence-electron chi connectivity index (χ1n) is 8.07. The van der Waals surface area contributed by atoms with Crippen LogP contribution in [0, 0.1) is 0 Å². The molecule has 1 saturated carbocycles. The van der Waals surface area contributed by atoms with Crippen LogP contribution in [0.3, 0.4) is 0 Å². The minimum Gasteiger partial charge on any atom is -0.354 e. The molecule has 136 valence electrons. The molecule has 0 atom stereocenters. The van der Waals surface area contributed by atoms with E-state index in [0.717, 1.165) is 31.5 Å². The van der Waals surface area contributed by atoms with Crippen molar-refractivity contribution < 1.29 is 18.0 Å². The second kappa shape index (κ2) is 8.72. The second-order valence-electron chi connectivity index (χ2n) is 6.02. The van der Waals surface area contributed by atoms with E-state index in [1.165, 1.54) is 6.07 Å². The number of nitrogens with one attached hydrogen (secondary N) is 2. The Kier molecular flexibility index (Phi) is 7.55. The van der Waals surface area contributed by atoms with Crippen molar-refractivity contribution in [3.05, 3.63) is 35.4 Å². The Labute approximate surface area is 146 Å². The highest BCUT2D eigenvalue weighted by Gasteiger charge is 2.46. The summed E-state index contributed by atoms with van der Waals surface area (Å²) in [5, 5.41) is 6.04. The van der Waals surface area contributed by atoms with E-state index in [1.807, 2.05) is 0 Å². The number of hydrogen-bond acceptors (Lipinski definition) is 2. The van der Waals surface area contributed by atoms with Gasteiger partial charge in [-0.05, 0) is 37.4 Å². The molecule has 2 N–H and O–H groups in total. The van der Waals surface area contributed by atoms with Gasteiger partial charge < -0.3 is 10.6 Å². The van der Waals surface area contributed by atoms with Crippen molar-refractivity contribution in [1.29, 1.82) is 0 Å². The average molecular weight is 365 g/mol. The predicted molar refractivity (Wildman–Crippen MR) is 90.4 cm³/mol. The molecule has 0 radical (unpaired) electrons. The van der Waals surface area contributed by atoms with E-state index in [1.54, 1.807) is 6.07 Å². The largest absolute Gasteiger partial charge is 0.416 e. The number of hydrogen-bond donors (Lipinski definition) is 2. The first kappa shape index (κ1) is 20.8. The van der Waals surface area contributed by atoms with Crippen LogP contribution in [-0.4, -0.2) is 25.5 Å². The van der Waals surface area contributed by atoms with Gasteiger partial charge in [-0.25, -0.2) is 0 Å². The summed E-state index contributed by atoms with van der Waals surface area (Å²) in [6.45, 7) is 4.09. The van der Waals surface area contributed by atoms with Crippen molar-refractivity contribution in [3.8, 4) is 0 Å². The van der Waals surface area contributed by atoms with Crippen molar-refractivity contribution in [3.63, 3.8) is 0 Å². The molecule has 3 nitrogen and oxygen atoms in total. The lowest BCUT2D eigenvalue weighted by atomic mass is 9.63. The van der Waals surface area contributed by atoms with E-state index < -0.39 is 17.2 Å². The Balaban J connectivity index is 0.00000288. The van der Waals surface area contributed by atoms with Crippen LogP contribution in [0.15, 0.2) is 24.3 Å². The van der Waals surface area contributed by atoms with Crippen molar-refractivity contribution in [2.24, 2.45) is 0 Å². The summed E-state index contributed by atoms with van der Waals surface area (Å²) in [7, 11) is 0. The molecule has 1 fully saturated rings. The number of alkyl halides is 3. The molecule has 0 aromatic heterocycles. The molecule has 1 aliphatic rings. The van der Waals surface area contributed by atoms with Crippen LogP contribution in [-0.2, 0) is 16.4 Å². The fourth-order valence-corrected chi connectivity index (χ4v) is 2.91. The van der Waals surface area contributed by atoms with E-state index in [9.17, 15) is 18.0 Å². The molecule has 1 aromatic carbocycles. The van der Waals surface area contributed by atoms with E-state index in [0.29, 0.717) is 31.5 Å². The molecular weight excluding hydrogens is 341 g/mol. The van der Waals surface area contributed by atoms with E-state index in [-0.39, 0.29) is 18.3 Å². The highest BCUT2D eigenvalue weighted by Crippen LogP contribution is 2.45. The maximum absolute atomic E-state index is 12.9. The van der Waals surface area contributed by atoms with E-state index >= 15 is 0 Å². The molecule has 0 unspecified atom stereocenters. The van der Waals surface area contributed by atoms with Gasteiger partial charge in [0.25, 0.3) is 0 Å². The van der Waals surface area contributed by atoms with Gasteiger partial charge in [0.05, 0.1) is 11.0 Å². The van der Waals surface area contributed by atoms with Crippen molar-refractivity contribution in [1.82, 2.24) is 10.6 Å². The lowest BCUT2D eigenvalue weighted by Crippen LogP contribution is -2.50. The predicted octanol–water partition coefficient (Wildman–Crippen LogP) is 3.66. The van der Waals surface area contributed by atoms with E-state index in [4.69, 9.17) is 0 Å². The summed E-state index contributed by atoms with van der Waals surface area (Å²) in [4.78, 5) is 12.5. The summed E-state index contributed by atoms with van der Waals surface area (Å²) in [6.07, 6.45) is -1.31. The number of amides is 1. The third kappa shape index (κ3) is 4.63. The Morgan fingerprint density at radius 2 is 1.92 bits per heavy atom. The molecule has 0 bridgehead atoms. The van der Waals surface area contributed by atoms with Crippen molar-refractivity contribution in [2.75, 3.05) is 19.6 Å². The summed E-state index contributed by atoms with van der Waals surface area (Å²) in [5.41, 5.74) is -1.03. The highest BCUT2D eigenvalue weighted by molar-refractivity contribution is 5.89. The van der Waals surface area contributed by atoms with Crippen LogP contribution < -0.4 is 10.6 Å². The molecule has 1 aromatic rings. The SMILES string of the molecule is CCCNCCNC(=O)C1(c2cccc(C(F)(F)F)c2)CCC1.Cl. The van der Waals surface area contributed by atoms with Crippen LogP contribution >= 0.6 is 12.4 Å². The third-order valence-electron chi connectivity index (χ3n) is 4.40. The zero-order valence-electron chi connectivity index (χ0n) is 13.7. The molecule has 0 spiro atoms. The standard InChI is InChI=1S/C17H23F3N2O.ClH/c1-2-9-21-10-11-22-15(23)16(7-4-8-16)13-5-3-6-14(12-13)17(18,19)20;/h3,5-6,12,21H,2,4,7-11H2,1H3,(H,22,23);1H. The van der Waals surface area contributed by atoms with Crippen LogP contribution in [0.25, 0.3) is 0 Å². The van der Waals surface area contributed by atoms with Crippen molar-refractivity contribution in [2.45, 2.75) is 44.2 Å². The van der Waals surface area contributed by atoms with Crippen LogP contribution in [0.1, 0.15) is 43.7 Å². The van der Waals surface area contributed by atoms with Gasteiger partial charge in [-0.2, -0.15) is 13.2 Å². The summed E-state index contributed by atoms with van der Waals surface area (Å²) in [5.74, 6) is -0.165. The van der Waals surface area contributed by atoms with Gasteiger partial charge in [0.2, 0.25) is 5.91 Å². The normalized spacial score (nSPS) is 16.0. The molecule has 2 rings (SSSR count). The molecule has 7 heteroatoms. The Morgan fingerprint density at radius 1 is 1.21 bits per heavy atom. The summed E-state index contributed by atoms with van der Waals surface area (Å²) < 4.78 is 38.7. The third-order valence-corrected chi connectivity index (χ3v) is 4.40. The molecule has 24 heavy (non-hydrogen) atoms. The second-order valence-corrected chi connectivity index (χ2v) is 6.02. The number of carbonyl (C=O) groups is 1. The molecule has 1 aliphatic carbocycles. The van der Waals surface area contributed by atoms with E-state index in [2.05, 4.69) is 17.6 Å². The smallest absolute Gasteiger partial charge is 0.354 e. The topological polar surface area (TPSA) is 41.1 Å². The van der Waals surface area contributed by atoms with Gasteiger partial charge in [-0.3, -0.25) is 4.79 Å². The molecule has 0 saturated heterocycles. The maximum Gasteiger partial charge on any atom is 0.416 e. The Hall–Kier alpha value is -1.27. The van der Waals surface area contributed by atoms with Gasteiger partial charge in [-0.1, -0.05) is 31.5 Å². The molecule has 0 aliphatic heterocycles. The van der Waals surface area contributed by atoms with Crippen LogP contribution in [0.2, 0.25) is 0 Å². The zero-order valence-corrected chi connectivity index (χ0v) is 14.5. The van der Waals surface area contributed by atoms with Crippen LogP contribution in [0.4, 0.5) is 13.2 Å². The molecule has 1 amide bonds. The number of carbonyl (C=O) groups excluding carboxylic acids is 1. The quantitative estimate of drug-likeness (QED) is 0.725. The minimum atomic E-state index is -4.39. The maximum atomic E-state index is 12.9. The van der Waals surface area contributed by atoms with Gasteiger partial charge in [-0.15, -0.1) is 12.4 Å². The number of benzene rings is 1. The molecule has 0 heterocycles. The summed E-state index contributed by atoms with van der Waals surface area (Å²) in [6, 6.07) is 5.17. The Bertz CT molecular complexity index is 545. The lowest BCUT2D eigenvalue weighted by Gasteiger charge is -2.41. The highest BCUT2D eigenvalue weighted by atomic mass is 35.5. The average Bonchev–Trinajstić information content (AvgIpc) is 2.45. The van der Waals surface area contributed by atoms with Gasteiger partial charge in [0.15, 0.2) is 0 Å².